The van der Waals surface area contributed by atoms with Gasteiger partial charge in [-0.05, 0) is 31.2 Å². The topological polar surface area (TPSA) is 74.6 Å². The van der Waals surface area contributed by atoms with Gasteiger partial charge in [-0.15, -0.1) is 0 Å². The highest BCUT2D eigenvalue weighted by Crippen LogP contribution is 2.26. The van der Waals surface area contributed by atoms with Gasteiger partial charge < -0.3 is 10.2 Å². The van der Waals surface area contributed by atoms with E-state index in [2.05, 4.69) is 0 Å². The number of hydrogen-bond donors (Lipinski definition) is 2. The van der Waals surface area contributed by atoms with Crippen LogP contribution in [0.5, 0.6) is 0 Å². The molecule has 0 atom stereocenters. The first-order chi connectivity index (χ1) is 8.49. The fourth-order valence-electron chi connectivity index (χ4n) is 1.91. The number of hydrogen-bond acceptors (Lipinski definition) is 2. The molecule has 98 valence electrons. The van der Waals surface area contributed by atoms with Gasteiger partial charge in [-0.1, -0.05) is 29.8 Å². The van der Waals surface area contributed by atoms with E-state index >= 15 is 0 Å². The number of carbonyl (C=O) groups is 2. The van der Waals surface area contributed by atoms with Gasteiger partial charge in [-0.3, -0.25) is 9.59 Å². The summed E-state index contributed by atoms with van der Waals surface area (Å²) in [6.07, 6.45) is 1.09. The van der Waals surface area contributed by atoms with E-state index in [1.165, 1.54) is 0 Å². The molecule has 0 heterocycles. The van der Waals surface area contributed by atoms with Gasteiger partial charge in [0, 0.05) is 12.8 Å². The predicted molar refractivity (Wildman–Crippen MR) is 67.7 cm³/mol. The molecule has 0 fully saturated rings. The lowest BCUT2D eigenvalue weighted by molar-refractivity contribution is -0.137. The number of carboxylic acid groups (broad SMARTS) is 2. The second-order valence-corrected chi connectivity index (χ2v) is 4.47. The Hall–Kier alpha value is -1.84. The molecule has 0 radical (unpaired) electrons. The first-order valence-electron chi connectivity index (χ1n) is 5.99. The average molecular weight is 250 g/mol. The summed E-state index contributed by atoms with van der Waals surface area (Å²) in [5.41, 5.74) is 2.15. The molecular weight excluding hydrogens is 232 g/mol. The molecule has 0 unspecified atom stereocenters. The van der Waals surface area contributed by atoms with Crippen molar-refractivity contribution in [1.29, 1.82) is 0 Å². The molecule has 4 heteroatoms. The molecule has 0 aliphatic rings. The molecule has 1 aromatic rings. The van der Waals surface area contributed by atoms with Crippen molar-refractivity contribution in [2.24, 2.45) is 0 Å². The molecule has 1 aromatic carbocycles. The van der Waals surface area contributed by atoms with E-state index in [9.17, 15) is 9.59 Å². The van der Waals surface area contributed by atoms with Crippen LogP contribution in [0.25, 0.3) is 0 Å². The quantitative estimate of drug-likeness (QED) is 0.780. The summed E-state index contributed by atoms with van der Waals surface area (Å²) in [6, 6.07) is 7.82. The first kappa shape index (κ1) is 14.2. The van der Waals surface area contributed by atoms with Gasteiger partial charge in [0.1, 0.15) is 0 Å². The lowest BCUT2D eigenvalue weighted by Gasteiger charge is -2.15. The average Bonchev–Trinajstić information content (AvgIpc) is 2.30. The molecule has 0 spiro atoms. The van der Waals surface area contributed by atoms with Crippen LogP contribution in [0.4, 0.5) is 0 Å². The Bertz CT molecular complexity index is 390. The molecule has 4 nitrogen and oxygen atoms in total. The van der Waals surface area contributed by atoms with Gasteiger partial charge in [0.25, 0.3) is 0 Å². The maximum Gasteiger partial charge on any atom is 0.303 e. The Morgan fingerprint density at radius 2 is 1.44 bits per heavy atom. The fourth-order valence-corrected chi connectivity index (χ4v) is 1.91. The van der Waals surface area contributed by atoms with E-state index in [0.717, 1.165) is 11.1 Å². The molecule has 0 saturated carbocycles. The van der Waals surface area contributed by atoms with Crippen molar-refractivity contribution < 1.29 is 19.8 Å². The van der Waals surface area contributed by atoms with E-state index in [-0.39, 0.29) is 18.8 Å². The van der Waals surface area contributed by atoms with Gasteiger partial charge in [0.2, 0.25) is 0 Å². The summed E-state index contributed by atoms with van der Waals surface area (Å²) in [4.78, 5) is 21.2. The summed E-state index contributed by atoms with van der Waals surface area (Å²) < 4.78 is 0. The Morgan fingerprint density at radius 3 is 1.83 bits per heavy atom. The van der Waals surface area contributed by atoms with E-state index in [1.54, 1.807) is 0 Å². The molecule has 0 aromatic heterocycles. The van der Waals surface area contributed by atoms with Crippen LogP contribution in [0, 0.1) is 6.92 Å². The van der Waals surface area contributed by atoms with Crippen molar-refractivity contribution in [2.45, 2.75) is 38.5 Å². The van der Waals surface area contributed by atoms with Crippen LogP contribution in [-0.2, 0) is 9.59 Å². The van der Waals surface area contributed by atoms with Crippen LogP contribution in [0.1, 0.15) is 42.7 Å². The fraction of sp³-hybridized carbons (Fsp3) is 0.429. The van der Waals surface area contributed by atoms with Crippen molar-refractivity contribution in [3.8, 4) is 0 Å². The smallest absolute Gasteiger partial charge is 0.303 e. The number of rotatable bonds is 7. The van der Waals surface area contributed by atoms with Crippen molar-refractivity contribution in [3.05, 3.63) is 35.4 Å². The second kappa shape index (κ2) is 6.79. The van der Waals surface area contributed by atoms with Crippen molar-refractivity contribution in [2.75, 3.05) is 0 Å². The zero-order valence-corrected chi connectivity index (χ0v) is 10.4. The Morgan fingerprint density at radius 1 is 1.00 bits per heavy atom. The Labute approximate surface area is 106 Å². The molecule has 2 N–H and O–H groups in total. The molecular formula is C14H18O4. The summed E-state index contributed by atoms with van der Waals surface area (Å²) in [7, 11) is 0. The normalized spacial score (nSPS) is 10.6. The molecule has 18 heavy (non-hydrogen) atoms. The SMILES string of the molecule is Cc1ccc(C(CCC(=O)O)CCC(=O)O)cc1. The zero-order valence-electron chi connectivity index (χ0n) is 10.4. The molecule has 0 bridgehead atoms. The third-order valence-corrected chi connectivity index (χ3v) is 2.96. The van der Waals surface area contributed by atoms with Crippen molar-refractivity contribution >= 4 is 11.9 Å². The number of carboxylic acids is 2. The summed E-state index contributed by atoms with van der Waals surface area (Å²) in [5.74, 6) is -1.69. The second-order valence-electron chi connectivity index (χ2n) is 4.47. The third kappa shape index (κ3) is 4.99. The lowest BCUT2D eigenvalue weighted by atomic mass is 9.89. The minimum absolute atomic E-state index is 0.00204. The van der Waals surface area contributed by atoms with E-state index < -0.39 is 11.9 Å². The van der Waals surface area contributed by atoms with Gasteiger partial charge in [0.05, 0.1) is 0 Å². The third-order valence-electron chi connectivity index (χ3n) is 2.96. The zero-order chi connectivity index (χ0) is 13.5. The number of aryl methyl sites for hydroxylation is 1. The van der Waals surface area contributed by atoms with Gasteiger partial charge >= 0.3 is 11.9 Å². The standard InChI is InChI=1S/C14H18O4/c1-10-2-4-11(5-3-10)12(6-8-13(15)16)7-9-14(17)18/h2-5,12H,6-9H2,1H3,(H,15,16)(H,17,18). The molecule has 0 aliphatic heterocycles. The Kier molecular flexibility index (Phi) is 5.36. The predicted octanol–water partition coefficient (Wildman–Crippen LogP) is 2.81. The largest absolute Gasteiger partial charge is 0.481 e. The minimum Gasteiger partial charge on any atom is -0.481 e. The number of benzene rings is 1. The van der Waals surface area contributed by atoms with E-state index in [4.69, 9.17) is 10.2 Å². The highest BCUT2D eigenvalue weighted by Gasteiger charge is 2.14. The molecule has 0 saturated heterocycles. The first-order valence-corrected chi connectivity index (χ1v) is 5.99. The van der Waals surface area contributed by atoms with Crippen LogP contribution in [-0.4, -0.2) is 22.2 Å². The monoisotopic (exact) mass is 250 g/mol. The van der Waals surface area contributed by atoms with Gasteiger partial charge in [-0.2, -0.15) is 0 Å². The van der Waals surface area contributed by atoms with Gasteiger partial charge in [-0.25, -0.2) is 0 Å². The van der Waals surface area contributed by atoms with Crippen LogP contribution in [0.15, 0.2) is 24.3 Å². The number of aliphatic carboxylic acids is 2. The van der Waals surface area contributed by atoms with Crippen LogP contribution in [0.2, 0.25) is 0 Å². The van der Waals surface area contributed by atoms with E-state index in [1.807, 2.05) is 31.2 Å². The van der Waals surface area contributed by atoms with Gasteiger partial charge in [0.15, 0.2) is 0 Å². The molecule has 0 amide bonds. The minimum atomic E-state index is -0.845. The Balaban J connectivity index is 2.71. The van der Waals surface area contributed by atoms with Crippen LogP contribution in [0.3, 0.4) is 0 Å². The lowest BCUT2D eigenvalue weighted by Crippen LogP contribution is -2.06. The van der Waals surface area contributed by atoms with E-state index in [0.29, 0.717) is 12.8 Å². The van der Waals surface area contributed by atoms with Crippen molar-refractivity contribution in [1.82, 2.24) is 0 Å². The van der Waals surface area contributed by atoms with Crippen LogP contribution < -0.4 is 0 Å². The highest BCUT2D eigenvalue weighted by molar-refractivity contribution is 5.67. The summed E-state index contributed by atoms with van der Waals surface area (Å²) in [5, 5.41) is 17.4. The van der Waals surface area contributed by atoms with Crippen LogP contribution >= 0.6 is 0 Å². The van der Waals surface area contributed by atoms with Crippen molar-refractivity contribution in [3.63, 3.8) is 0 Å². The molecule has 0 aliphatic carbocycles. The maximum atomic E-state index is 10.6. The highest BCUT2D eigenvalue weighted by atomic mass is 16.4. The summed E-state index contributed by atoms with van der Waals surface area (Å²) in [6.45, 7) is 1.98. The summed E-state index contributed by atoms with van der Waals surface area (Å²) >= 11 is 0. The molecule has 1 rings (SSSR count). The maximum absolute atomic E-state index is 10.6.